The van der Waals surface area contributed by atoms with E-state index in [2.05, 4.69) is 80.6 Å². The summed E-state index contributed by atoms with van der Waals surface area (Å²) in [6, 6.07) is 19.4. The Bertz CT molecular complexity index is 1330. The monoisotopic (exact) mass is 364 g/mol. The second-order valence-corrected chi connectivity index (χ2v) is 7.91. The standard InChI is InChI=1S/C26H20O2/c1-15-6-9-23-20(12-15)22-14-18(7-10-24(22)27-23)17-8-11-25-21(13-17)19-5-3-4-16(2)26(19)28-25/h3-4,6-14,19H,5H2,1-2H3/t19-/m0/s1. The highest BCUT2D eigenvalue weighted by Crippen LogP contribution is 2.47. The van der Waals surface area contributed by atoms with Crippen LogP contribution >= 0.6 is 0 Å². The molecule has 1 aromatic heterocycles. The SMILES string of the molecule is CC1=C2Oc3ccc(-c4ccc5oc6ccc(C)cc6c5c4)cc3[C@@H]2CC=C1. The van der Waals surface area contributed by atoms with Crippen molar-refractivity contribution in [3.8, 4) is 16.9 Å². The summed E-state index contributed by atoms with van der Waals surface area (Å²) in [4.78, 5) is 0. The number of ether oxygens (including phenoxy) is 1. The van der Waals surface area contributed by atoms with Crippen LogP contribution in [0.4, 0.5) is 0 Å². The molecule has 0 radical (unpaired) electrons. The van der Waals surface area contributed by atoms with Gasteiger partial charge in [-0.3, -0.25) is 0 Å². The average Bonchev–Trinajstić information content (AvgIpc) is 3.26. The molecule has 2 heteroatoms. The summed E-state index contributed by atoms with van der Waals surface area (Å²) < 4.78 is 12.2. The Kier molecular flexibility index (Phi) is 3.16. The lowest BCUT2D eigenvalue weighted by Gasteiger charge is -2.15. The maximum Gasteiger partial charge on any atom is 0.135 e. The van der Waals surface area contributed by atoms with Gasteiger partial charge in [0.25, 0.3) is 0 Å². The van der Waals surface area contributed by atoms with Gasteiger partial charge in [0.15, 0.2) is 0 Å². The molecule has 1 aliphatic carbocycles. The number of allylic oxidation sites excluding steroid dienone is 4. The minimum atomic E-state index is 0.348. The van der Waals surface area contributed by atoms with E-state index in [1.54, 1.807) is 0 Å². The van der Waals surface area contributed by atoms with Crippen LogP contribution in [-0.4, -0.2) is 0 Å². The van der Waals surface area contributed by atoms with E-state index in [9.17, 15) is 0 Å². The smallest absolute Gasteiger partial charge is 0.135 e. The van der Waals surface area contributed by atoms with Gasteiger partial charge in [-0.2, -0.15) is 0 Å². The molecular weight excluding hydrogens is 344 g/mol. The van der Waals surface area contributed by atoms with Crippen molar-refractivity contribution in [2.24, 2.45) is 0 Å². The first-order valence-electron chi connectivity index (χ1n) is 9.80. The number of furan rings is 1. The lowest BCUT2D eigenvalue weighted by Crippen LogP contribution is -2.03. The Morgan fingerprint density at radius 2 is 1.57 bits per heavy atom. The summed E-state index contributed by atoms with van der Waals surface area (Å²) >= 11 is 0. The molecule has 0 amide bonds. The first-order valence-corrected chi connectivity index (χ1v) is 9.80. The molecular formula is C26H20O2. The van der Waals surface area contributed by atoms with E-state index in [0.29, 0.717) is 5.92 Å². The Labute approximate surface area is 163 Å². The highest BCUT2D eigenvalue weighted by Gasteiger charge is 2.31. The molecule has 1 atom stereocenters. The van der Waals surface area contributed by atoms with Gasteiger partial charge in [-0.05, 0) is 73.4 Å². The van der Waals surface area contributed by atoms with Gasteiger partial charge in [-0.1, -0.05) is 35.9 Å². The fraction of sp³-hybridized carbons (Fsp3) is 0.154. The lowest BCUT2D eigenvalue weighted by molar-refractivity contribution is 0.419. The van der Waals surface area contributed by atoms with E-state index in [-0.39, 0.29) is 0 Å². The minimum Gasteiger partial charge on any atom is -0.460 e. The van der Waals surface area contributed by atoms with Gasteiger partial charge < -0.3 is 9.15 Å². The van der Waals surface area contributed by atoms with Gasteiger partial charge in [-0.15, -0.1) is 0 Å². The van der Waals surface area contributed by atoms with Crippen LogP contribution in [0.1, 0.15) is 30.4 Å². The van der Waals surface area contributed by atoms with Crippen LogP contribution in [-0.2, 0) is 0 Å². The van der Waals surface area contributed by atoms with Gasteiger partial charge in [-0.25, -0.2) is 0 Å². The van der Waals surface area contributed by atoms with Crippen molar-refractivity contribution >= 4 is 21.9 Å². The van der Waals surface area contributed by atoms with Crippen LogP contribution in [0.2, 0.25) is 0 Å². The first-order chi connectivity index (χ1) is 13.7. The van der Waals surface area contributed by atoms with E-state index in [1.807, 2.05) is 0 Å². The Morgan fingerprint density at radius 3 is 2.46 bits per heavy atom. The Morgan fingerprint density at radius 1 is 0.821 bits per heavy atom. The van der Waals surface area contributed by atoms with Gasteiger partial charge in [0.2, 0.25) is 0 Å². The molecule has 1 aliphatic heterocycles. The molecule has 2 heterocycles. The molecule has 0 N–H and O–H groups in total. The average molecular weight is 364 g/mol. The fourth-order valence-corrected chi connectivity index (χ4v) is 4.55. The van der Waals surface area contributed by atoms with E-state index in [1.165, 1.54) is 38.6 Å². The number of hydrogen-bond donors (Lipinski definition) is 0. The number of fused-ring (bicyclic) bond motifs is 6. The molecule has 6 rings (SSSR count). The fourth-order valence-electron chi connectivity index (χ4n) is 4.55. The molecule has 0 unspecified atom stereocenters. The largest absolute Gasteiger partial charge is 0.460 e. The summed E-state index contributed by atoms with van der Waals surface area (Å²) in [7, 11) is 0. The zero-order chi connectivity index (χ0) is 18.8. The van der Waals surface area contributed by atoms with Gasteiger partial charge in [0.1, 0.15) is 22.7 Å². The molecule has 0 saturated carbocycles. The topological polar surface area (TPSA) is 22.4 Å². The van der Waals surface area contributed by atoms with Crippen LogP contribution < -0.4 is 4.74 Å². The molecule has 0 fully saturated rings. The second kappa shape index (κ2) is 5.62. The Hall–Kier alpha value is -3.26. The number of hydrogen-bond acceptors (Lipinski definition) is 2. The predicted octanol–water partition coefficient (Wildman–Crippen LogP) is 7.27. The zero-order valence-corrected chi connectivity index (χ0v) is 16.0. The summed E-state index contributed by atoms with van der Waals surface area (Å²) in [5.74, 6) is 2.46. The molecule has 0 saturated heterocycles. The molecule has 4 aromatic rings. The molecule has 2 nitrogen and oxygen atoms in total. The summed E-state index contributed by atoms with van der Waals surface area (Å²) in [5.41, 5.74) is 8.08. The van der Waals surface area contributed by atoms with Crippen LogP contribution in [0.5, 0.6) is 5.75 Å². The van der Waals surface area contributed by atoms with E-state index >= 15 is 0 Å². The molecule has 28 heavy (non-hydrogen) atoms. The Balaban J connectivity index is 1.50. The maximum atomic E-state index is 6.16. The van der Waals surface area contributed by atoms with E-state index < -0.39 is 0 Å². The zero-order valence-electron chi connectivity index (χ0n) is 16.0. The second-order valence-electron chi connectivity index (χ2n) is 7.91. The summed E-state index contributed by atoms with van der Waals surface area (Å²) in [6.45, 7) is 4.25. The highest BCUT2D eigenvalue weighted by molar-refractivity contribution is 6.06. The van der Waals surface area contributed by atoms with Crippen molar-refractivity contribution in [2.75, 3.05) is 0 Å². The maximum absolute atomic E-state index is 6.16. The minimum absolute atomic E-state index is 0.348. The van der Waals surface area contributed by atoms with Crippen LogP contribution in [0.25, 0.3) is 33.1 Å². The third-order valence-electron chi connectivity index (χ3n) is 6.01. The van der Waals surface area contributed by atoms with Crippen LogP contribution in [0.3, 0.4) is 0 Å². The molecule has 2 aliphatic rings. The van der Waals surface area contributed by atoms with Crippen molar-refractivity contribution in [3.63, 3.8) is 0 Å². The highest BCUT2D eigenvalue weighted by atomic mass is 16.5. The van der Waals surface area contributed by atoms with Crippen LogP contribution in [0.15, 0.2) is 82.5 Å². The van der Waals surface area contributed by atoms with E-state index in [4.69, 9.17) is 9.15 Å². The van der Waals surface area contributed by atoms with Crippen molar-refractivity contribution < 1.29 is 9.15 Å². The van der Waals surface area contributed by atoms with Gasteiger partial charge in [0.05, 0.1) is 0 Å². The lowest BCUT2D eigenvalue weighted by atomic mass is 9.88. The first kappa shape index (κ1) is 15.8. The van der Waals surface area contributed by atoms with Crippen molar-refractivity contribution in [1.29, 1.82) is 0 Å². The molecule has 0 spiro atoms. The van der Waals surface area contributed by atoms with Gasteiger partial charge >= 0.3 is 0 Å². The van der Waals surface area contributed by atoms with Crippen LogP contribution in [0, 0.1) is 6.92 Å². The van der Waals surface area contributed by atoms with Crippen molar-refractivity contribution in [2.45, 2.75) is 26.2 Å². The molecule has 0 bridgehead atoms. The van der Waals surface area contributed by atoms with E-state index in [0.717, 1.165) is 29.1 Å². The normalized spacial score (nSPS) is 17.9. The number of benzene rings is 3. The molecule has 3 aromatic carbocycles. The summed E-state index contributed by atoms with van der Waals surface area (Å²) in [6.07, 6.45) is 5.42. The van der Waals surface area contributed by atoms with Crippen molar-refractivity contribution in [1.82, 2.24) is 0 Å². The summed E-state index contributed by atoms with van der Waals surface area (Å²) in [5, 5.41) is 2.35. The van der Waals surface area contributed by atoms with Gasteiger partial charge in [0, 0.05) is 22.3 Å². The molecule has 136 valence electrons. The third-order valence-corrected chi connectivity index (χ3v) is 6.01. The third kappa shape index (κ3) is 2.21. The quantitative estimate of drug-likeness (QED) is 0.354. The number of rotatable bonds is 1. The number of aryl methyl sites for hydroxylation is 1. The predicted molar refractivity (Wildman–Crippen MR) is 114 cm³/mol. The van der Waals surface area contributed by atoms with Crippen molar-refractivity contribution in [3.05, 3.63) is 89.2 Å².